The Bertz CT molecular complexity index is 815. The summed E-state index contributed by atoms with van der Waals surface area (Å²) in [6.07, 6.45) is 6.82. The number of nitrogens with one attached hydrogen (secondary N) is 1. The number of nitrogens with two attached hydrogens (primary N) is 1. The van der Waals surface area contributed by atoms with E-state index in [4.69, 9.17) is 10.5 Å². The van der Waals surface area contributed by atoms with Crippen LogP contribution in [0.1, 0.15) is 18.2 Å². The van der Waals surface area contributed by atoms with E-state index in [1.807, 2.05) is 44.2 Å². The van der Waals surface area contributed by atoms with Crippen LogP contribution >= 0.6 is 15.9 Å². The van der Waals surface area contributed by atoms with Crippen molar-refractivity contribution < 1.29 is 4.74 Å². The van der Waals surface area contributed by atoms with E-state index < -0.39 is 0 Å². The van der Waals surface area contributed by atoms with Crippen molar-refractivity contribution in [1.29, 1.82) is 0 Å². The van der Waals surface area contributed by atoms with Crippen LogP contribution in [0.5, 0.6) is 5.75 Å². The lowest BCUT2D eigenvalue weighted by atomic mass is 10.1. The number of halogens is 1. The Morgan fingerprint density at radius 1 is 1.44 bits per heavy atom. The molecule has 0 bridgehead atoms. The highest BCUT2D eigenvalue weighted by molar-refractivity contribution is 9.11. The highest BCUT2D eigenvalue weighted by Crippen LogP contribution is 2.29. The zero-order chi connectivity index (χ0) is 18.2. The van der Waals surface area contributed by atoms with Crippen molar-refractivity contribution in [3.8, 4) is 5.75 Å². The van der Waals surface area contributed by atoms with Gasteiger partial charge < -0.3 is 15.8 Å². The van der Waals surface area contributed by atoms with Crippen LogP contribution in [0.25, 0.3) is 5.57 Å². The van der Waals surface area contributed by atoms with Gasteiger partial charge in [-0.1, -0.05) is 34.7 Å². The quantitative estimate of drug-likeness (QED) is 0.659. The third kappa shape index (κ3) is 5.19. The maximum Gasteiger partial charge on any atom is 0.174 e. The number of hydrogen-bond donors (Lipinski definition) is 2. The molecule has 0 aliphatic carbocycles. The number of allylic oxidation sites excluding steroid dienone is 4. The van der Waals surface area contributed by atoms with Gasteiger partial charge in [0, 0.05) is 28.1 Å². The van der Waals surface area contributed by atoms with Crippen molar-refractivity contribution in [1.82, 2.24) is 9.97 Å². The molecule has 2 rings (SSSR count). The second-order valence-corrected chi connectivity index (χ2v) is 6.06. The van der Waals surface area contributed by atoms with Crippen molar-refractivity contribution in [2.24, 2.45) is 5.73 Å². The predicted octanol–water partition coefficient (Wildman–Crippen LogP) is 4.69. The van der Waals surface area contributed by atoms with Gasteiger partial charge in [0.05, 0.1) is 6.61 Å². The molecular formula is C19H21BrN4O. The van der Waals surface area contributed by atoms with E-state index in [9.17, 15) is 0 Å². The number of aromatic nitrogens is 2. The summed E-state index contributed by atoms with van der Waals surface area (Å²) in [6.45, 7) is 8.10. The first-order chi connectivity index (χ1) is 12.1. The minimum atomic E-state index is 0.523. The van der Waals surface area contributed by atoms with Crippen molar-refractivity contribution >= 4 is 33.1 Å². The van der Waals surface area contributed by atoms with Gasteiger partial charge >= 0.3 is 0 Å². The Morgan fingerprint density at radius 2 is 2.24 bits per heavy atom. The zero-order valence-electron chi connectivity index (χ0n) is 14.3. The van der Waals surface area contributed by atoms with Crippen LogP contribution in [0.3, 0.4) is 0 Å². The molecular weight excluding hydrogens is 380 g/mol. The molecule has 0 amide bonds. The van der Waals surface area contributed by atoms with Crippen molar-refractivity contribution in [2.45, 2.75) is 13.8 Å². The normalized spacial score (nSPS) is 12.0. The van der Waals surface area contributed by atoms with Crippen LogP contribution in [0.4, 0.5) is 11.6 Å². The topological polar surface area (TPSA) is 73.1 Å². The standard InChI is InChI=1S/C19H21BrN4O/c1-4-16(20)9-14(11-21)15-10-17(25-5-2)19(22-12-15)24-18-8-6-7-13(3)23-18/h4,6-12H,1,5,21H2,2-3H3,(H,22,23,24)/b14-11+,16-9+. The van der Waals surface area contributed by atoms with Crippen LogP contribution in [0.2, 0.25) is 0 Å². The van der Waals surface area contributed by atoms with Crippen LogP contribution in [-0.2, 0) is 0 Å². The average molecular weight is 401 g/mol. The van der Waals surface area contributed by atoms with E-state index in [1.165, 1.54) is 6.20 Å². The summed E-state index contributed by atoms with van der Waals surface area (Å²) in [4.78, 5) is 8.91. The average Bonchev–Trinajstić information content (AvgIpc) is 2.61. The van der Waals surface area contributed by atoms with Crippen LogP contribution < -0.4 is 15.8 Å². The van der Waals surface area contributed by atoms with Crippen LogP contribution in [0, 0.1) is 6.92 Å². The summed E-state index contributed by atoms with van der Waals surface area (Å²) in [7, 11) is 0. The van der Waals surface area contributed by atoms with Gasteiger partial charge in [0.1, 0.15) is 5.82 Å². The molecule has 2 aromatic heterocycles. The van der Waals surface area contributed by atoms with E-state index in [0.717, 1.165) is 21.3 Å². The lowest BCUT2D eigenvalue weighted by Crippen LogP contribution is -2.03. The van der Waals surface area contributed by atoms with Crippen molar-refractivity contribution in [3.63, 3.8) is 0 Å². The van der Waals surface area contributed by atoms with Gasteiger partial charge in [0.2, 0.25) is 0 Å². The minimum absolute atomic E-state index is 0.523. The summed E-state index contributed by atoms with van der Waals surface area (Å²) < 4.78 is 6.56. The number of nitrogens with zero attached hydrogens (tertiary/aromatic N) is 2. The van der Waals surface area contributed by atoms with Crippen molar-refractivity contribution in [2.75, 3.05) is 11.9 Å². The lowest BCUT2D eigenvalue weighted by molar-refractivity contribution is 0.340. The Balaban J connectivity index is 2.38. The number of aryl methyl sites for hydroxylation is 1. The van der Waals surface area contributed by atoms with Gasteiger partial charge in [0.25, 0.3) is 0 Å². The van der Waals surface area contributed by atoms with Gasteiger partial charge in [-0.15, -0.1) is 0 Å². The van der Waals surface area contributed by atoms with Crippen molar-refractivity contribution in [3.05, 3.63) is 71.1 Å². The number of rotatable bonds is 7. The smallest absolute Gasteiger partial charge is 0.174 e. The minimum Gasteiger partial charge on any atom is -0.490 e. The SMILES string of the molecule is C=C/C(Br)=C\C(=C/N)c1cnc(Nc2cccc(C)n2)c(OCC)c1. The third-order valence-corrected chi connectivity index (χ3v) is 3.84. The Labute approximate surface area is 156 Å². The van der Waals surface area contributed by atoms with Gasteiger partial charge in [-0.05, 0) is 43.7 Å². The summed E-state index contributed by atoms with van der Waals surface area (Å²) in [6, 6.07) is 7.65. The van der Waals surface area contributed by atoms with Gasteiger partial charge in [0.15, 0.2) is 11.6 Å². The van der Waals surface area contributed by atoms with Gasteiger partial charge in [-0.25, -0.2) is 9.97 Å². The second kappa shape index (κ2) is 9.03. The molecule has 130 valence electrons. The molecule has 6 heteroatoms. The highest BCUT2D eigenvalue weighted by Gasteiger charge is 2.10. The summed E-state index contributed by atoms with van der Waals surface area (Å²) >= 11 is 3.40. The predicted molar refractivity (Wildman–Crippen MR) is 107 cm³/mol. The van der Waals surface area contributed by atoms with E-state index >= 15 is 0 Å². The summed E-state index contributed by atoms with van der Waals surface area (Å²) in [5.74, 6) is 1.95. The van der Waals surface area contributed by atoms with Gasteiger partial charge in [-0.2, -0.15) is 0 Å². The summed E-state index contributed by atoms with van der Waals surface area (Å²) in [5, 5.41) is 3.20. The van der Waals surface area contributed by atoms with E-state index in [1.54, 1.807) is 12.3 Å². The molecule has 25 heavy (non-hydrogen) atoms. The molecule has 5 nitrogen and oxygen atoms in total. The molecule has 0 saturated carbocycles. The monoisotopic (exact) mass is 400 g/mol. The second-order valence-electron chi connectivity index (χ2n) is 5.15. The maximum absolute atomic E-state index is 5.75. The number of anilines is 2. The Hall–Kier alpha value is -2.60. The van der Waals surface area contributed by atoms with Gasteiger partial charge in [-0.3, -0.25) is 0 Å². The molecule has 2 heterocycles. The molecule has 0 spiro atoms. The number of ether oxygens (including phenoxy) is 1. The maximum atomic E-state index is 5.75. The van der Waals surface area contributed by atoms with Crippen LogP contribution in [0.15, 0.2) is 59.9 Å². The first kappa shape index (κ1) is 18.7. The zero-order valence-corrected chi connectivity index (χ0v) is 15.9. The first-order valence-corrected chi connectivity index (χ1v) is 8.62. The molecule has 0 atom stereocenters. The molecule has 0 saturated heterocycles. The molecule has 2 aromatic rings. The Kier molecular flexibility index (Phi) is 6.77. The third-order valence-electron chi connectivity index (χ3n) is 3.29. The Morgan fingerprint density at radius 3 is 2.88 bits per heavy atom. The largest absolute Gasteiger partial charge is 0.490 e. The molecule has 0 unspecified atom stereocenters. The molecule has 0 fully saturated rings. The molecule has 0 radical (unpaired) electrons. The fourth-order valence-electron chi connectivity index (χ4n) is 2.13. The van der Waals surface area contributed by atoms with Crippen LogP contribution in [-0.4, -0.2) is 16.6 Å². The number of pyridine rings is 2. The molecule has 0 aliphatic heterocycles. The van der Waals surface area contributed by atoms with E-state index in [0.29, 0.717) is 24.0 Å². The lowest BCUT2D eigenvalue weighted by Gasteiger charge is -2.13. The first-order valence-electron chi connectivity index (χ1n) is 7.82. The molecule has 0 aliphatic rings. The summed E-state index contributed by atoms with van der Waals surface area (Å²) in [5.41, 5.74) is 8.32. The highest BCUT2D eigenvalue weighted by atomic mass is 79.9. The fraction of sp³-hybridized carbons (Fsp3) is 0.158. The molecule has 3 N–H and O–H groups in total. The van der Waals surface area contributed by atoms with E-state index in [2.05, 4.69) is 37.8 Å². The number of hydrogen-bond acceptors (Lipinski definition) is 5. The molecule has 0 aromatic carbocycles. The van der Waals surface area contributed by atoms with E-state index in [-0.39, 0.29) is 0 Å². The fourth-order valence-corrected chi connectivity index (χ4v) is 2.38.